The highest BCUT2D eigenvalue weighted by Gasteiger charge is 2.11. The van der Waals surface area contributed by atoms with Crippen molar-refractivity contribution in [2.24, 2.45) is 0 Å². The van der Waals surface area contributed by atoms with Gasteiger partial charge in [0.2, 0.25) is 0 Å². The van der Waals surface area contributed by atoms with Gasteiger partial charge in [-0.2, -0.15) is 0 Å². The SMILES string of the molecule is C=C/C=C(\C=C)N(c1ccccc1)c1ccc(C=C)cc1.CC. The Bertz CT molecular complexity index is 648. The van der Waals surface area contributed by atoms with Crippen LogP contribution in [0.1, 0.15) is 19.4 Å². The van der Waals surface area contributed by atoms with Gasteiger partial charge in [0, 0.05) is 17.1 Å². The van der Waals surface area contributed by atoms with Crippen LogP contribution in [-0.2, 0) is 0 Å². The number of hydrogen-bond acceptors (Lipinski definition) is 1. The van der Waals surface area contributed by atoms with E-state index < -0.39 is 0 Å². The van der Waals surface area contributed by atoms with E-state index in [4.69, 9.17) is 0 Å². The number of para-hydroxylation sites is 1. The van der Waals surface area contributed by atoms with Crippen LogP contribution in [0.5, 0.6) is 0 Å². The molecule has 0 aliphatic heterocycles. The zero-order valence-electron chi connectivity index (χ0n) is 14.1. The minimum Gasteiger partial charge on any atom is -0.311 e. The van der Waals surface area contributed by atoms with Gasteiger partial charge < -0.3 is 4.90 Å². The van der Waals surface area contributed by atoms with E-state index in [9.17, 15) is 0 Å². The van der Waals surface area contributed by atoms with Gasteiger partial charge in [-0.1, -0.05) is 76.1 Å². The summed E-state index contributed by atoms with van der Waals surface area (Å²) in [6.45, 7) is 15.5. The third-order valence-electron chi connectivity index (χ3n) is 3.16. The maximum absolute atomic E-state index is 3.91. The summed E-state index contributed by atoms with van der Waals surface area (Å²) in [4.78, 5) is 2.14. The largest absolute Gasteiger partial charge is 0.311 e. The van der Waals surface area contributed by atoms with Gasteiger partial charge in [0.25, 0.3) is 0 Å². The molecule has 0 spiro atoms. The van der Waals surface area contributed by atoms with E-state index in [0.717, 1.165) is 22.6 Å². The van der Waals surface area contributed by atoms with Crippen molar-refractivity contribution < 1.29 is 0 Å². The first-order valence-electron chi connectivity index (χ1n) is 7.83. The summed E-state index contributed by atoms with van der Waals surface area (Å²) < 4.78 is 0. The summed E-state index contributed by atoms with van der Waals surface area (Å²) >= 11 is 0. The smallest absolute Gasteiger partial charge is 0.0462 e. The molecule has 0 heterocycles. The van der Waals surface area contributed by atoms with Crippen LogP contribution in [0.3, 0.4) is 0 Å². The van der Waals surface area contributed by atoms with Gasteiger partial charge in [-0.25, -0.2) is 0 Å². The molecule has 0 amide bonds. The van der Waals surface area contributed by atoms with Gasteiger partial charge in [0.15, 0.2) is 0 Å². The van der Waals surface area contributed by atoms with Crippen LogP contribution < -0.4 is 4.90 Å². The molecule has 0 atom stereocenters. The second-order valence-corrected chi connectivity index (χ2v) is 4.50. The molecule has 0 N–H and O–H groups in total. The van der Waals surface area contributed by atoms with Crippen molar-refractivity contribution in [1.29, 1.82) is 0 Å². The Labute approximate surface area is 140 Å². The van der Waals surface area contributed by atoms with Crippen molar-refractivity contribution in [3.8, 4) is 0 Å². The van der Waals surface area contributed by atoms with Gasteiger partial charge in [-0.05, 0) is 42.0 Å². The van der Waals surface area contributed by atoms with Crippen LogP contribution in [0.2, 0.25) is 0 Å². The van der Waals surface area contributed by atoms with Gasteiger partial charge >= 0.3 is 0 Å². The fourth-order valence-electron chi connectivity index (χ4n) is 2.14. The van der Waals surface area contributed by atoms with E-state index in [1.165, 1.54) is 0 Å². The van der Waals surface area contributed by atoms with Gasteiger partial charge in [-0.3, -0.25) is 0 Å². The van der Waals surface area contributed by atoms with E-state index in [-0.39, 0.29) is 0 Å². The average Bonchev–Trinajstić information content (AvgIpc) is 2.64. The third kappa shape index (κ3) is 4.86. The standard InChI is InChI=1S/C20H19N.C2H6/c1-4-10-18(6-3)21(19-11-8-7-9-12-19)20-15-13-17(5-2)14-16-20;1-2/h4-16H,1-3H2;1-2H3/b18-10+;. The molecule has 1 nitrogen and oxygen atoms in total. The van der Waals surface area contributed by atoms with Crippen molar-refractivity contribution in [3.05, 3.63) is 104 Å². The first-order chi connectivity index (χ1) is 11.3. The molecule has 0 saturated carbocycles. The van der Waals surface area contributed by atoms with E-state index >= 15 is 0 Å². The average molecular weight is 303 g/mol. The van der Waals surface area contributed by atoms with Crippen LogP contribution in [0.4, 0.5) is 11.4 Å². The predicted octanol–water partition coefficient (Wildman–Crippen LogP) is 6.75. The molecule has 0 saturated heterocycles. The minimum absolute atomic E-state index is 0.975. The number of rotatable bonds is 6. The van der Waals surface area contributed by atoms with Crippen molar-refractivity contribution >= 4 is 17.5 Å². The minimum atomic E-state index is 0.975. The highest BCUT2D eigenvalue weighted by atomic mass is 15.1. The van der Waals surface area contributed by atoms with Gasteiger partial charge in [0.05, 0.1) is 0 Å². The highest BCUT2D eigenvalue weighted by molar-refractivity contribution is 5.71. The predicted molar refractivity (Wildman–Crippen MR) is 105 cm³/mol. The summed E-state index contributed by atoms with van der Waals surface area (Å²) in [6.07, 6.45) is 7.38. The zero-order valence-corrected chi connectivity index (χ0v) is 14.1. The summed E-state index contributed by atoms with van der Waals surface area (Å²) in [7, 11) is 0. The number of allylic oxidation sites excluding steroid dienone is 3. The topological polar surface area (TPSA) is 3.24 Å². The second-order valence-electron chi connectivity index (χ2n) is 4.50. The molecule has 1 heteroatoms. The van der Waals surface area contributed by atoms with Crippen molar-refractivity contribution in [3.63, 3.8) is 0 Å². The van der Waals surface area contributed by atoms with Crippen LogP contribution in [0.15, 0.2) is 98.3 Å². The summed E-state index contributed by atoms with van der Waals surface area (Å²) in [5.41, 5.74) is 4.22. The molecule has 0 fully saturated rings. The molecule has 0 aromatic heterocycles. The molecule has 2 aromatic rings. The second kappa shape index (κ2) is 10.0. The van der Waals surface area contributed by atoms with E-state index in [1.54, 1.807) is 6.08 Å². The molecule has 0 unspecified atom stereocenters. The molecule has 23 heavy (non-hydrogen) atoms. The first-order valence-corrected chi connectivity index (χ1v) is 7.83. The molecule has 0 aliphatic rings. The molecule has 0 radical (unpaired) electrons. The first kappa shape index (κ1) is 18.2. The monoisotopic (exact) mass is 303 g/mol. The Morgan fingerprint density at radius 3 is 1.87 bits per heavy atom. The van der Waals surface area contributed by atoms with E-state index in [2.05, 4.69) is 48.9 Å². The van der Waals surface area contributed by atoms with Gasteiger partial charge in [0.1, 0.15) is 0 Å². The molecule has 2 rings (SSSR count). The van der Waals surface area contributed by atoms with Crippen LogP contribution >= 0.6 is 0 Å². The Balaban J connectivity index is 0.00000127. The van der Waals surface area contributed by atoms with Crippen molar-refractivity contribution in [2.75, 3.05) is 4.90 Å². The lowest BCUT2D eigenvalue weighted by molar-refractivity contribution is 1.21. The maximum atomic E-state index is 3.91. The fraction of sp³-hybridized carbons (Fsp3) is 0.0909. The summed E-state index contributed by atoms with van der Waals surface area (Å²) in [5, 5.41) is 0. The molecule has 2 aromatic carbocycles. The van der Waals surface area contributed by atoms with E-state index in [0.29, 0.717) is 0 Å². The summed E-state index contributed by atoms with van der Waals surface area (Å²) in [5.74, 6) is 0. The maximum Gasteiger partial charge on any atom is 0.0462 e. The quantitative estimate of drug-likeness (QED) is 0.533. The Morgan fingerprint density at radius 2 is 1.39 bits per heavy atom. The Morgan fingerprint density at radius 1 is 0.826 bits per heavy atom. The van der Waals surface area contributed by atoms with Gasteiger partial charge in [-0.15, -0.1) is 0 Å². The van der Waals surface area contributed by atoms with Crippen molar-refractivity contribution in [1.82, 2.24) is 0 Å². The molecular weight excluding hydrogens is 278 g/mol. The van der Waals surface area contributed by atoms with E-state index in [1.807, 2.05) is 62.4 Å². The number of nitrogens with zero attached hydrogens (tertiary/aromatic N) is 1. The number of anilines is 2. The normalized spacial score (nSPS) is 10.1. The number of benzene rings is 2. The fourth-order valence-corrected chi connectivity index (χ4v) is 2.14. The lowest BCUT2D eigenvalue weighted by Gasteiger charge is -2.26. The third-order valence-corrected chi connectivity index (χ3v) is 3.16. The number of hydrogen-bond donors (Lipinski definition) is 0. The Hall–Kier alpha value is -2.80. The highest BCUT2D eigenvalue weighted by Crippen LogP contribution is 2.30. The van der Waals surface area contributed by atoms with Crippen LogP contribution in [0, 0.1) is 0 Å². The lowest BCUT2D eigenvalue weighted by Crippen LogP contribution is -2.14. The lowest BCUT2D eigenvalue weighted by atomic mass is 10.1. The molecule has 118 valence electrons. The summed E-state index contributed by atoms with van der Waals surface area (Å²) in [6, 6.07) is 18.4. The van der Waals surface area contributed by atoms with Crippen LogP contribution in [0.25, 0.3) is 6.08 Å². The Kier molecular flexibility index (Phi) is 7.95. The molecular formula is C22H25N. The molecule has 0 bridgehead atoms. The molecule has 0 aliphatic carbocycles. The van der Waals surface area contributed by atoms with Crippen molar-refractivity contribution in [2.45, 2.75) is 13.8 Å². The zero-order chi connectivity index (χ0) is 17.1. The van der Waals surface area contributed by atoms with Crippen LogP contribution in [-0.4, -0.2) is 0 Å².